The molecule has 0 unspecified atom stereocenters. The van der Waals surface area contributed by atoms with Crippen LogP contribution in [0.1, 0.15) is 18.3 Å². The predicted molar refractivity (Wildman–Crippen MR) is 118 cm³/mol. The van der Waals surface area contributed by atoms with E-state index in [4.69, 9.17) is 11.6 Å². The Kier molecular flexibility index (Phi) is 6.48. The lowest BCUT2D eigenvalue weighted by atomic mass is 10.2. The van der Waals surface area contributed by atoms with Crippen LogP contribution >= 0.6 is 11.6 Å². The third-order valence-electron chi connectivity index (χ3n) is 4.68. The Balaban J connectivity index is 1.69. The number of benzene rings is 2. The number of sulfonamides is 1. The van der Waals surface area contributed by atoms with Gasteiger partial charge in [-0.3, -0.25) is 9.10 Å². The minimum atomic E-state index is -3.67. The largest absolute Gasteiger partial charge is 0.350 e. The van der Waals surface area contributed by atoms with Gasteiger partial charge in [0.25, 0.3) is 0 Å². The zero-order valence-corrected chi connectivity index (χ0v) is 18.5. The average molecular weight is 447 g/mol. The molecule has 158 valence electrons. The van der Waals surface area contributed by atoms with E-state index in [1.165, 1.54) is 0 Å². The summed E-state index contributed by atoms with van der Waals surface area (Å²) in [4.78, 5) is 16.9. The fraction of sp³-hybridized carbons (Fsp3) is 0.238. The summed E-state index contributed by atoms with van der Waals surface area (Å²) < 4.78 is 27.7. The highest BCUT2D eigenvalue weighted by Gasteiger charge is 2.28. The Morgan fingerprint density at radius 2 is 1.80 bits per heavy atom. The third kappa shape index (κ3) is 5.01. The normalized spacial score (nSPS) is 12.4. The van der Waals surface area contributed by atoms with Crippen molar-refractivity contribution >= 4 is 33.2 Å². The van der Waals surface area contributed by atoms with Gasteiger partial charge in [-0.15, -0.1) is 0 Å². The molecule has 0 spiro atoms. The van der Waals surface area contributed by atoms with Gasteiger partial charge in [0.05, 0.1) is 11.9 Å². The van der Waals surface area contributed by atoms with Crippen molar-refractivity contribution in [2.45, 2.75) is 26.4 Å². The molecule has 3 rings (SSSR count). The van der Waals surface area contributed by atoms with Gasteiger partial charge in [-0.05, 0) is 55.8 Å². The molecule has 0 fully saturated rings. The number of carbonyl (C=O) groups is 1. The van der Waals surface area contributed by atoms with Gasteiger partial charge in [0.1, 0.15) is 11.9 Å². The van der Waals surface area contributed by atoms with E-state index in [0.29, 0.717) is 10.7 Å². The van der Waals surface area contributed by atoms with Crippen LogP contribution in [0.4, 0.5) is 5.69 Å². The van der Waals surface area contributed by atoms with Gasteiger partial charge in [0.2, 0.25) is 15.9 Å². The summed E-state index contributed by atoms with van der Waals surface area (Å²) >= 11 is 5.89. The minimum absolute atomic E-state index is 0.282. The lowest BCUT2D eigenvalue weighted by molar-refractivity contribution is -0.122. The second-order valence-corrected chi connectivity index (χ2v) is 9.24. The van der Waals surface area contributed by atoms with Gasteiger partial charge in [-0.2, -0.15) is 0 Å². The van der Waals surface area contributed by atoms with Crippen molar-refractivity contribution in [1.29, 1.82) is 0 Å². The molecule has 0 aliphatic rings. The van der Waals surface area contributed by atoms with Gasteiger partial charge >= 0.3 is 0 Å². The summed E-state index contributed by atoms with van der Waals surface area (Å²) in [6.45, 7) is 3.75. The topological polar surface area (TPSA) is 84.3 Å². The molecule has 0 saturated carbocycles. The molecule has 0 saturated heterocycles. The molecule has 7 nitrogen and oxygen atoms in total. The van der Waals surface area contributed by atoms with E-state index < -0.39 is 22.0 Å². The Morgan fingerprint density at radius 3 is 2.33 bits per heavy atom. The number of nitrogens with zero attached hydrogens (tertiary/aromatic N) is 3. The number of nitrogens with one attached hydrogen (secondary N) is 1. The zero-order chi connectivity index (χ0) is 21.9. The predicted octanol–water partition coefficient (Wildman–Crippen LogP) is 3.31. The SMILES string of the molecule is Cc1nccn1-c1ccc(CNC(=O)[C@@H](C)N(c2ccc(Cl)cc2)S(C)(=O)=O)cc1. The standard InChI is InChI=1S/C21H23ClN4O3S/c1-15(26(30(3,28)29)20-10-6-18(22)7-11-20)21(27)24-14-17-4-8-19(9-5-17)25-13-12-23-16(25)2/h4-13,15H,14H2,1-3H3,(H,24,27)/t15-/m1/s1. The summed E-state index contributed by atoms with van der Waals surface area (Å²) in [6.07, 6.45) is 4.69. The number of aryl methyl sites for hydroxylation is 1. The molecule has 2 aromatic carbocycles. The number of hydrogen-bond acceptors (Lipinski definition) is 4. The van der Waals surface area contributed by atoms with Crippen LogP contribution in [0.3, 0.4) is 0 Å². The molecular formula is C21H23ClN4O3S. The van der Waals surface area contributed by atoms with Crippen molar-refractivity contribution in [2.75, 3.05) is 10.6 Å². The summed E-state index contributed by atoms with van der Waals surface area (Å²) in [6, 6.07) is 13.1. The van der Waals surface area contributed by atoms with Crippen LogP contribution in [0.15, 0.2) is 60.9 Å². The number of aromatic nitrogens is 2. The second kappa shape index (κ2) is 8.89. The van der Waals surface area contributed by atoms with Gasteiger partial charge in [-0.1, -0.05) is 23.7 Å². The Bertz CT molecular complexity index is 1130. The zero-order valence-electron chi connectivity index (χ0n) is 16.9. The molecule has 1 heterocycles. The van der Waals surface area contributed by atoms with Gasteiger partial charge in [0, 0.05) is 29.6 Å². The summed E-state index contributed by atoms with van der Waals surface area (Å²) in [5, 5.41) is 3.29. The molecule has 30 heavy (non-hydrogen) atoms. The average Bonchev–Trinajstić information content (AvgIpc) is 3.13. The quantitative estimate of drug-likeness (QED) is 0.603. The van der Waals surface area contributed by atoms with Crippen LogP contribution in [0.5, 0.6) is 0 Å². The number of anilines is 1. The highest BCUT2D eigenvalue weighted by atomic mass is 35.5. The first kappa shape index (κ1) is 21.9. The molecule has 1 atom stereocenters. The van der Waals surface area contributed by atoms with Crippen LogP contribution in [-0.2, 0) is 21.4 Å². The van der Waals surface area contributed by atoms with Crippen molar-refractivity contribution in [3.05, 3.63) is 77.3 Å². The molecular weight excluding hydrogens is 424 g/mol. The smallest absolute Gasteiger partial charge is 0.243 e. The Morgan fingerprint density at radius 1 is 1.17 bits per heavy atom. The highest BCUT2D eigenvalue weighted by Crippen LogP contribution is 2.23. The number of rotatable bonds is 7. The lowest BCUT2D eigenvalue weighted by Gasteiger charge is -2.28. The van der Waals surface area contributed by atoms with E-state index >= 15 is 0 Å². The van der Waals surface area contributed by atoms with E-state index in [-0.39, 0.29) is 6.54 Å². The van der Waals surface area contributed by atoms with Crippen molar-refractivity contribution in [3.63, 3.8) is 0 Å². The van der Waals surface area contributed by atoms with Crippen molar-refractivity contribution in [3.8, 4) is 5.69 Å². The van der Waals surface area contributed by atoms with Gasteiger partial charge in [0.15, 0.2) is 0 Å². The van der Waals surface area contributed by atoms with Gasteiger partial charge in [-0.25, -0.2) is 13.4 Å². The van der Waals surface area contributed by atoms with Crippen molar-refractivity contribution in [1.82, 2.24) is 14.9 Å². The van der Waals surface area contributed by atoms with Gasteiger partial charge < -0.3 is 9.88 Å². The van der Waals surface area contributed by atoms with E-state index in [2.05, 4.69) is 10.3 Å². The third-order valence-corrected chi connectivity index (χ3v) is 6.17. The van der Waals surface area contributed by atoms with E-state index in [1.54, 1.807) is 37.4 Å². The fourth-order valence-corrected chi connectivity index (χ4v) is 4.46. The molecule has 1 N–H and O–H groups in total. The maximum atomic E-state index is 12.7. The van der Waals surface area contributed by atoms with Crippen molar-refractivity contribution in [2.24, 2.45) is 0 Å². The number of imidazole rings is 1. The molecule has 0 bridgehead atoms. The van der Waals surface area contributed by atoms with Crippen LogP contribution in [0.2, 0.25) is 5.02 Å². The first-order valence-electron chi connectivity index (χ1n) is 9.29. The maximum absolute atomic E-state index is 12.7. The van der Waals surface area contributed by atoms with Crippen LogP contribution in [-0.4, -0.2) is 36.2 Å². The van der Waals surface area contributed by atoms with Crippen LogP contribution in [0.25, 0.3) is 5.69 Å². The molecule has 9 heteroatoms. The Hall–Kier alpha value is -2.84. The first-order chi connectivity index (χ1) is 14.2. The molecule has 1 aromatic heterocycles. The fourth-order valence-electron chi connectivity index (χ4n) is 3.16. The maximum Gasteiger partial charge on any atom is 0.243 e. The first-order valence-corrected chi connectivity index (χ1v) is 11.5. The second-order valence-electron chi connectivity index (χ2n) is 6.94. The van der Waals surface area contributed by atoms with Crippen LogP contribution in [0, 0.1) is 6.92 Å². The monoisotopic (exact) mass is 446 g/mol. The molecule has 0 aliphatic carbocycles. The molecule has 3 aromatic rings. The van der Waals surface area contributed by atoms with E-state index in [9.17, 15) is 13.2 Å². The molecule has 0 radical (unpaired) electrons. The molecule has 1 amide bonds. The number of carbonyl (C=O) groups excluding carboxylic acids is 1. The summed E-state index contributed by atoms with van der Waals surface area (Å²) in [7, 11) is -3.67. The van der Waals surface area contributed by atoms with E-state index in [1.807, 2.05) is 42.0 Å². The Labute approximate surface area is 181 Å². The summed E-state index contributed by atoms with van der Waals surface area (Å²) in [5.41, 5.74) is 2.25. The minimum Gasteiger partial charge on any atom is -0.350 e. The van der Waals surface area contributed by atoms with E-state index in [0.717, 1.165) is 27.6 Å². The number of amides is 1. The number of halogens is 1. The highest BCUT2D eigenvalue weighted by molar-refractivity contribution is 7.92. The number of hydrogen-bond donors (Lipinski definition) is 1. The molecule has 0 aliphatic heterocycles. The van der Waals surface area contributed by atoms with Crippen LogP contribution < -0.4 is 9.62 Å². The lowest BCUT2D eigenvalue weighted by Crippen LogP contribution is -2.47. The van der Waals surface area contributed by atoms with Crippen molar-refractivity contribution < 1.29 is 13.2 Å². The summed E-state index contributed by atoms with van der Waals surface area (Å²) in [5.74, 6) is 0.484.